The summed E-state index contributed by atoms with van der Waals surface area (Å²) in [5.74, 6) is 0.554. The highest BCUT2D eigenvalue weighted by Crippen LogP contribution is 2.36. The number of fused-ring (bicyclic) bond motifs is 2. The van der Waals surface area contributed by atoms with Crippen LogP contribution in [0.3, 0.4) is 0 Å². The molecule has 3 aliphatic rings. The second-order valence-electron chi connectivity index (χ2n) is 10.4. The Morgan fingerprint density at radius 3 is 2.95 bits per heavy atom. The quantitative estimate of drug-likeness (QED) is 0.376. The highest BCUT2D eigenvalue weighted by atomic mass is 19.1. The molecule has 10 heteroatoms. The van der Waals surface area contributed by atoms with Crippen molar-refractivity contribution in [1.29, 1.82) is 0 Å². The van der Waals surface area contributed by atoms with Gasteiger partial charge in [0, 0.05) is 63.6 Å². The SMILES string of the molecule is COC1CN(Cc2nc(Nc3ccc(-c4cnc5cc(F)ccn45)c4c3C(=O)NC4)ccc2[C@@H]2CCOC2)C1. The molecule has 0 radical (unpaired) electrons. The largest absolute Gasteiger partial charge is 0.381 e. The van der Waals surface area contributed by atoms with Gasteiger partial charge >= 0.3 is 0 Å². The minimum Gasteiger partial charge on any atom is -0.381 e. The molecule has 1 amide bonds. The summed E-state index contributed by atoms with van der Waals surface area (Å²) in [6, 6.07) is 10.8. The number of nitrogens with zero attached hydrogens (tertiary/aromatic N) is 4. The number of carbonyl (C=O) groups is 1. The van der Waals surface area contributed by atoms with Crippen LogP contribution < -0.4 is 10.6 Å². The molecular formula is C29H29FN6O3. The minimum atomic E-state index is -0.341. The highest BCUT2D eigenvalue weighted by Gasteiger charge is 2.30. The molecule has 0 unspecified atom stereocenters. The number of hydrogen-bond donors (Lipinski definition) is 2. The fourth-order valence-corrected chi connectivity index (χ4v) is 5.86. The third kappa shape index (κ3) is 4.34. The van der Waals surface area contributed by atoms with E-state index in [1.54, 1.807) is 19.5 Å². The van der Waals surface area contributed by atoms with E-state index in [-0.39, 0.29) is 17.8 Å². The lowest BCUT2D eigenvalue weighted by atomic mass is 9.96. The maximum absolute atomic E-state index is 13.7. The van der Waals surface area contributed by atoms with Gasteiger partial charge in [0.05, 0.1) is 41.5 Å². The van der Waals surface area contributed by atoms with Crippen molar-refractivity contribution in [2.24, 2.45) is 0 Å². The number of pyridine rings is 2. The summed E-state index contributed by atoms with van der Waals surface area (Å²) >= 11 is 0. The van der Waals surface area contributed by atoms with E-state index in [4.69, 9.17) is 14.5 Å². The molecule has 2 saturated heterocycles. The van der Waals surface area contributed by atoms with Gasteiger partial charge in [0.1, 0.15) is 17.3 Å². The Kier molecular flexibility index (Phi) is 6.03. The normalized spacial score (nSPS) is 19.3. The zero-order valence-corrected chi connectivity index (χ0v) is 21.6. The summed E-state index contributed by atoms with van der Waals surface area (Å²) in [5, 5.41) is 6.38. The van der Waals surface area contributed by atoms with Crippen LogP contribution >= 0.6 is 0 Å². The molecule has 0 spiro atoms. The molecule has 39 heavy (non-hydrogen) atoms. The topological polar surface area (TPSA) is 93.0 Å². The number of likely N-dealkylation sites (tertiary alicyclic amines) is 1. The van der Waals surface area contributed by atoms with Gasteiger partial charge in [0.15, 0.2) is 0 Å². The Hall–Kier alpha value is -3.86. The fourth-order valence-electron chi connectivity index (χ4n) is 5.86. The maximum atomic E-state index is 13.7. The van der Waals surface area contributed by atoms with E-state index in [1.807, 2.05) is 22.6 Å². The first kappa shape index (κ1) is 24.2. The number of imidazole rings is 1. The van der Waals surface area contributed by atoms with Gasteiger partial charge in [-0.1, -0.05) is 12.1 Å². The summed E-state index contributed by atoms with van der Waals surface area (Å²) in [6.45, 7) is 4.42. The maximum Gasteiger partial charge on any atom is 0.254 e. The molecule has 7 rings (SSSR count). The van der Waals surface area contributed by atoms with Crippen molar-refractivity contribution in [3.05, 3.63) is 77.0 Å². The van der Waals surface area contributed by atoms with E-state index >= 15 is 0 Å². The Balaban J connectivity index is 1.22. The van der Waals surface area contributed by atoms with Gasteiger partial charge in [0.25, 0.3) is 5.91 Å². The van der Waals surface area contributed by atoms with Crippen molar-refractivity contribution >= 4 is 23.1 Å². The molecule has 4 aromatic rings. The van der Waals surface area contributed by atoms with Crippen molar-refractivity contribution in [2.45, 2.75) is 31.5 Å². The standard InChI is InChI=1S/C29H29FN6O3/c1-38-19-13-35(14-19)15-24-20(17-7-9-39-16-17)3-5-26(34-24)33-23-4-2-21(22-11-32-29(37)28(22)23)25-12-31-27-10-18(30)6-8-36(25)27/h2-6,8,10,12,17,19H,7,9,11,13-16H2,1H3,(H,32,37)(H,33,34)/t17-/m1/s1. The zero-order valence-electron chi connectivity index (χ0n) is 21.6. The van der Waals surface area contributed by atoms with Gasteiger partial charge in [-0.25, -0.2) is 14.4 Å². The van der Waals surface area contributed by atoms with Gasteiger partial charge < -0.3 is 20.1 Å². The van der Waals surface area contributed by atoms with E-state index in [0.717, 1.165) is 55.2 Å². The van der Waals surface area contributed by atoms with Crippen LogP contribution in [0.4, 0.5) is 15.9 Å². The second-order valence-corrected chi connectivity index (χ2v) is 10.4. The summed E-state index contributed by atoms with van der Waals surface area (Å²) < 4.78 is 26.7. The number of hydrogen-bond acceptors (Lipinski definition) is 7. The molecule has 9 nitrogen and oxygen atoms in total. The smallest absolute Gasteiger partial charge is 0.254 e. The van der Waals surface area contributed by atoms with E-state index in [0.29, 0.717) is 41.8 Å². The van der Waals surface area contributed by atoms with Crippen LogP contribution in [0.15, 0.2) is 48.8 Å². The highest BCUT2D eigenvalue weighted by molar-refractivity contribution is 6.06. The van der Waals surface area contributed by atoms with Gasteiger partial charge in [0.2, 0.25) is 0 Å². The molecule has 3 aliphatic heterocycles. The molecule has 2 fully saturated rings. The first-order valence-corrected chi connectivity index (χ1v) is 13.2. The lowest BCUT2D eigenvalue weighted by Gasteiger charge is -2.38. The number of rotatable bonds is 7. The van der Waals surface area contributed by atoms with Gasteiger partial charge in [-0.05, 0) is 35.7 Å². The summed E-state index contributed by atoms with van der Waals surface area (Å²) in [5.41, 5.74) is 6.61. The number of amides is 1. The number of ether oxygens (including phenoxy) is 2. The average molecular weight is 529 g/mol. The first-order chi connectivity index (χ1) is 19.1. The van der Waals surface area contributed by atoms with Crippen molar-refractivity contribution in [3.8, 4) is 11.3 Å². The number of aromatic nitrogens is 3. The van der Waals surface area contributed by atoms with Crippen LogP contribution in [0.1, 0.15) is 39.5 Å². The van der Waals surface area contributed by atoms with E-state index < -0.39 is 0 Å². The summed E-state index contributed by atoms with van der Waals surface area (Å²) in [4.78, 5) is 24.7. The van der Waals surface area contributed by atoms with Crippen LogP contribution in [0.5, 0.6) is 0 Å². The van der Waals surface area contributed by atoms with Gasteiger partial charge in [-0.15, -0.1) is 0 Å². The molecule has 200 valence electrons. The lowest BCUT2D eigenvalue weighted by Crippen LogP contribution is -2.51. The second kappa shape index (κ2) is 9.71. The Morgan fingerprint density at radius 1 is 1.23 bits per heavy atom. The average Bonchev–Trinajstić information content (AvgIpc) is 3.67. The van der Waals surface area contributed by atoms with E-state index in [9.17, 15) is 9.18 Å². The molecule has 2 N–H and O–H groups in total. The number of halogens is 1. The van der Waals surface area contributed by atoms with Crippen LogP contribution in [0.25, 0.3) is 16.9 Å². The molecule has 0 aliphatic carbocycles. The molecule has 1 atom stereocenters. The van der Waals surface area contributed by atoms with Crippen LogP contribution in [0.2, 0.25) is 0 Å². The first-order valence-electron chi connectivity index (χ1n) is 13.2. The third-order valence-corrected chi connectivity index (χ3v) is 7.99. The molecule has 0 saturated carbocycles. The predicted octanol–water partition coefficient (Wildman–Crippen LogP) is 3.86. The molecule has 3 aromatic heterocycles. The van der Waals surface area contributed by atoms with Crippen molar-refractivity contribution in [3.63, 3.8) is 0 Å². The van der Waals surface area contributed by atoms with Gasteiger partial charge in [-0.3, -0.25) is 14.1 Å². The van der Waals surface area contributed by atoms with Crippen molar-refractivity contribution < 1.29 is 18.7 Å². The Labute approximate surface area is 225 Å². The Bertz CT molecular complexity index is 1580. The van der Waals surface area contributed by atoms with Crippen LogP contribution in [-0.2, 0) is 22.6 Å². The van der Waals surface area contributed by atoms with E-state index in [1.165, 1.54) is 17.7 Å². The fraction of sp³-hybridized carbons (Fsp3) is 0.345. The third-order valence-electron chi connectivity index (χ3n) is 7.99. The van der Waals surface area contributed by atoms with Crippen LogP contribution in [-0.4, -0.2) is 64.7 Å². The summed E-state index contributed by atoms with van der Waals surface area (Å²) in [6.07, 6.45) is 4.64. The number of methoxy groups -OCH3 is 1. The lowest BCUT2D eigenvalue weighted by molar-refractivity contribution is -0.0340. The Morgan fingerprint density at radius 2 is 2.13 bits per heavy atom. The molecule has 6 heterocycles. The zero-order chi connectivity index (χ0) is 26.5. The van der Waals surface area contributed by atoms with Crippen molar-refractivity contribution in [2.75, 3.05) is 38.7 Å². The molecular weight excluding hydrogens is 499 g/mol. The number of nitrogens with one attached hydrogen (secondary N) is 2. The number of carbonyl (C=O) groups excluding carboxylic acids is 1. The summed E-state index contributed by atoms with van der Waals surface area (Å²) in [7, 11) is 1.75. The van der Waals surface area contributed by atoms with Crippen LogP contribution in [0, 0.1) is 5.82 Å². The number of anilines is 2. The van der Waals surface area contributed by atoms with Gasteiger partial charge in [-0.2, -0.15) is 0 Å². The molecule has 1 aromatic carbocycles. The monoisotopic (exact) mass is 528 g/mol. The minimum absolute atomic E-state index is 0.139. The molecule has 0 bridgehead atoms. The van der Waals surface area contributed by atoms with E-state index in [2.05, 4.69) is 26.6 Å². The number of benzene rings is 1. The van der Waals surface area contributed by atoms with Crippen molar-refractivity contribution in [1.82, 2.24) is 24.6 Å². The predicted molar refractivity (Wildman–Crippen MR) is 144 cm³/mol.